The van der Waals surface area contributed by atoms with Gasteiger partial charge >= 0.3 is 6.09 Å². The molecule has 0 aliphatic carbocycles. The lowest BCUT2D eigenvalue weighted by Gasteiger charge is -2.14. The van der Waals surface area contributed by atoms with Crippen molar-refractivity contribution >= 4 is 6.09 Å². The lowest BCUT2D eigenvalue weighted by atomic mass is 10.3. The first-order chi connectivity index (χ1) is 10.3. The number of hydrogen-bond donors (Lipinski definition) is 0. The Balaban J connectivity index is 1.60. The molecule has 1 saturated heterocycles. The number of hydrogen-bond acceptors (Lipinski definition) is 3. The summed E-state index contributed by atoms with van der Waals surface area (Å²) in [6.45, 7) is 1.57. The smallest absolute Gasteiger partial charge is 0.415 e. The van der Waals surface area contributed by atoms with Gasteiger partial charge in [0.2, 0.25) is 0 Å². The summed E-state index contributed by atoms with van der Waals surface area (Å²) in [5.74, 6) is 2.02. The van der Waals surface area contributed by atoms with Crippen LogP contribution < -0.4 is 9.47 Å². The van der Waals surface area contributed by atoms with Gasteiger partial charge in [-0.25, -0.2) is 4.79 Å². The Morgan fingerprint density at radius 1 is 0.810 bits per heavy atom. The predicted octanol–water partition coefficient (Wildman–Crippen LogP) is 4.07. The second-order valence-electron chi connectivity index (χ2n) is 4.95. The standard InChI is InChI=1S/C17H17NO3/c19-17(18-12-4-5-13-18)21-16-10-8-15(9-11-16)20-14-6-2-1-3-7-14/h1-3,6-11H,4-5,12-13H2. The van der Waals surface area contributed by atoms with Crippen LogP contribution in [-0.2, 0) is 0 Å². The summed E-state index contributed by atoms with van der Waals surface area (Å²) in [5.41, 5.74) is 0. The molecule has 1 fully saturated rings. The number of ether oxygens (including phenoxy) is 2. The van der Waals surface area contributed by atoms with Gasteiger partial charge in [-0.15, -0.1) is 0 Å². The number of carbonyl (C=O) groups excluding carboxylic acids is 1. The summed E-state index contributed by atoms with van der Waals surface area (Å²) < 4.78 is 11.0. The average Bonchev–Trinajstić information content (AvgIpc) is 3.05. The molecule has 0 aromatic heterocycles. The molecular weight excluding hydrogens is 266 g/mol. The predicted molar refractivity (Wildman–Crippen MR) is 79.8 cm³/mol. The van der Waals surface area contributed by atoms with E-state index in [1.54, 1.807) is 29.2 Å². The first kappa shape index (κ1) is 13.5. The largest absolute Gasteiger partial charge is 0.457 e. The molecule has 1 aliphatic heterocycles. The molecule has 3 rings (SSSR count). The van der Waals surface area contributed by atoms with Gasteiger partial charge in [0, 0.05) is 13.1 Å². The normalized spacial score (nSPS) is 14.0. The van der Waals surface area contributed by atoms with Crippen molar-refractivity contribution in [2.24, 2.45) is 0 Å². The van der Waals surface area contributed by atoms with E-state index >= 15 is 0 Å². The van der Waals surface area contributed by atoms with Crippen molar-refractivity contribution in [1.29, 1.82) is 0 Å². The maximum Gasteiger partial charge on any atom is 0.415 e. The zero-order valence-corrected chi connectivity index (χ0v) is 11.7. The summed E-state index contributed by atoms with van der Waals surface area (Å²) in [7, 11) is 0. The quantitative estimate of drug-likeness (QED) is 0.852. The second kappa shape index (κ2) is 6.31. The minimum absolute atomic E-state index is 0.274. The lowest BCUT2D eigenvalue weighted by molar-refractivity contribution is 0.162. The number of benzene rings is 2. The van der Waals surface area contributed by atoms with E-state index in [0.29, 0.717) is 11.5 Å². The van der Waals surface area contributed by atoms with Crippen LogP contribution in [0.15, 0.2) is 54.6 Å². The van der Waals surface area contributed by atoms with Crippen molar-refractivity contribution in [3.63, 3.8) is 0 Å². The highest BCUT2D eigenvalue weighted by atomic mass is 16.6. The molecule has 1 amide bonds. The summed E-state index contributed by atoms with van der Waals surface area (Å²) >= 11 is 0. The fourth-order valence-corrected chi connectivity index (χ4v) is 2.27. The van der Waals surface area contributed by atoms with Crippen LogP contribution in [0.2, 0.25) is 0 Å². The number of carbonyl (C=O) groups is 1. The van der Waals surface area contributed by atoms with E-state index in [0.717, 1.165) is 31.7 Å². The van der Waals surface area contributed by atoms with Crippen molar-refractivity contribution in [2.45, 2.75) is 12.8 Å². The fourth-order valence-electron chi connectivity index (χ4n) is 2.27. The van der Waals surface area contributed by atoms with Crippen LogP contribution in [0.1, 0.15) is 12.8 Å². The van der Waals surface area contributed by atoms with Crippen molar-refractivity contribution < 1.29 is 14.3 Å². The fraction of sp³-hybridized carbons (Fsp3) is 0.235. The van der Waals surface area contributed by atoms with Crippen molar-refractivity contribution in [1.82, 2.24) is 4.90 Å². The highest BCUT2D eigenvalue weighted by molar-refractivity contribution is 5.71. The first-order valence-corrected chi connectivity index (χ1v) is 7.11. The molecule has 0 unspecified atom stereocenters. The van der Waals surface area contributed by atoms with E-state index in [1.165, 1.54) is 0 Å². The Labute approximate surface area is 123 Å². The number of rotatable bonds is 3. The van der Waals surface area contributed by atoms with E-state index in [4.69, 9.17) is 9.47 Å². The zero-order valence-electron chi connectivity index (χ0n) is 11.7. The molecule has 4 nitrogen and oxygen atoms in total. The summed E-state index contributed by atoms with van der Waals surface area (Å²) in [6, 6.07) is 16.6. The molecule has 2 aromatic rings. The van der Waals surface area contributed by atoms with Crippen LogP contribution in [0, 0.1) is 0 Å². The Kier molecular flexibility index (Phi) is 4.05. The molecule has 0 N–H and O–H groups in total. The van der Waals surface area contributed by atoms with E-state index < -0.39 is 0 Å². The monoisotopic (exact) mass is 283 g/mol. The van der Waals surface area contributed by atoms with Gasteiger partial charge in [-0.3, -0.25) is 0 Å². The number of nitrogens with zero attached hydrogens (tertiary/aromatic N) is 1. The van der Waals surface area contributed by atoms with E-state index in [2.05, 4.69) is 0 Å². The number of para-hydroxylation sites is 1. The molecule has 21 heavy (non-hydrogen) atoms. The first-order valence-electron chi connectivity index (χ1n) is 7.11. The Bertz CT molecular complexity index is 589. The van der Waals surface area contributed by atoms with Gasteiger partial charge in [0.25, 0.3) is 0 Å². The summed E-state index contributed by atoms with van der Waals surface area (Å²) in [5, 5.41) is 0. The van der Waals surface area contributed by atoms with Gasteiger partial charge in [0.1, 0.15) is 17.2 Å². The molecule has 0 atom stereocenters. The molecule has 4 heteroatoms. The topological polar surface area (TPSA) is 38.8 Å². The second-order valence-corrected chi connectivity index (χ2v) is 4.95. The van der Waals surface area contributed by atoms with Gasteiger partial charge in [0.05, 0.1) is 0 Å². The van der Waals surface area contributed by atoms with Gasteiger partial charge in [0.15, 0.2) is 0 Å². The Hall–Kier alpha value is -2.49. The third-order valence-corrected chi connectivity index (χ3v) is 3.37. The highest BCUT2D eigenvalue weighted by Gasteiger charge is 2.19. The van der Waals surface area contributed by atoms with Crippen molar-refractivity contribution in [2.75, 3.05) is 13.1 Å². The maximum absolute atomic E-state index is 11.9. The van der Waals surface area contributed by atoms with Crippen LogP contribution in [0.25, 0.3) is 0 Å². The average molecular weight is 283 g/mol. The van der Waals surface area contributed by atoms with Crippen molar-refractivity contribution in [3.05, 3.63) is 54.6 Å². The number of likely N-dealkylation sites (tertiary alicyclic amines) is 1. The van der Waals surface area contributed by atoms with Gasteiger partial charge < -0.3 is 14.4 Å². The van der Waals surface area contributed by atoms with E-state index in [1.807, 2.05) is 30.3 Å². The molecular formula is C17H17NO3. The molecule has 0 spiro atoms. The van der Waals surface area contributed by atoms with Crippen molar-refractivity contribution in [3.8, 4) is 17.2 Å². The van der Waals surface area contributed by atoms with Crippen LogP contribution in [0.5, 0.6) is 17.2 Å². The van der Waals surface area contributed by atoms with Gasteiger partial charge in [-0.2, -0.15) is 0 Å². The maximum atomic E-state index is 11.9. The number of amides is 1. The minimum Gasteiger partial charge on any atom is -0.457 e. The third kappa shape index (κ3) is 3.54. The third-order valence-electron chi connectivity index (χ3n) is 3.37. The SMILES string of the molecule is O=C(Oc1ccc(Oc2ccccc2)cc1)N1CCCC1. The zero-order chi connectivity index (χ0) is 14.5. The lowest BCUT2D eigenvalue weighted by Crippen LogP contribution is -2.30. The summed E-state index contributed by atoms with van der Waals surface area (Å²) in [4.78, 5) is 13.6. The molecule has 2 aromatic carbocycles. The Morgan fingerprint density at radius 3 is 2.05 bits per heavy atom. The van der Waals surface area contributed by atoms with E-state index in [9.17, 15) is 4.79 Å². The van der Waals surface area contributed by atoms with Crippen LogP contribution in [-0.4, -0.2) is 24.1 Å². The Morgan fingerprint density at radius 2 is 1.38 bits per heavy atom. The molecule has 1 heterocycles. The van der Waals surface area contributed by atoms with Crippen LogP contribution in [0.3, 0.4) is 0 Å². The van der Waals surface area contributed by atoms with Crippen LogP contribution >= 0.6 is 0 Å². The molecule has 0 bridgehead atoms. The van der Waals surface area contributed by atoms with Crippen LogP contribution in [0.4, 0.5) is 4.79 Å². The van der Waals surface area contributed by atoms with Gasteiger partial charge in [-0.1, -0.05) is 18.2 Å². The highest BCUT2D eigenvalue weighted by Crippen LogP contribution is 2.24. The molecule has 1 aliphatic rings. The minimum atomic E-state index is -0.274. The molecule has 0 radical (unpaired) electrons. The van der Waals surface area contributed by atoms with Gasteiger partial charge in [-0.05, 0) is 49.2 Å². The molecule has 108 valence electrons. The summed E-state index contributed by atoms with van der Waals surface area (Å²) in [6.07, 6.45) is 1.84. The van der Waals surface area contributed by atoms with E-state index in [-0.39, 0.29) is 6.09 Å². The molecule has 0 saturated carbocycles.